The first-order valence-electron chi connectivity index (χ1n) is 9.05. The van der Waals surface area contributed by atoms with Gasteiger partial charge in [0.05, 0.1) is 23.8 Å². The Morgan fingerprint density at radius 2 is 2.20 bits per heavy atom. The van der Waals surface area contributed by atoms with E-state index in [2.05, 4.69) is 20.8 Å². The molecule has 1 atom stereocenters. The molecule has 4 N–H and O–H groups in total. The summed E-state index contributed by atoms with van der Waals surface area (Å²) in [5.74, 6) is 5.82. The molecule has 156 valence electrons. The fraction of sp³-hybridized carbons (Fsp3) is 0.211. The van der Waals surface area contributed by atoms with Gasteiger partial charge in [-0.3, -0.25) is 10.6 Å². The molecule has 1 aromatic heterocycles. The van der Waals surface area contributed by atoms with Crippen LogP contribution in [0.1, 0.15) is 6.42 Å². The molecule has 1 saturated heterocycles. The van der Waals surface area contributed by atoms with Crippen molar-refractivity contribution in [3.8, 4) is 5.75 Å². The molecule has 0 bridgehead atoms. The van der Waals surface area contributed by atoms with Crippen molar-refractivity contribution in [2.75, 3.05) is 23.5 Å². The smallest absolute Gasteiger partial charge is 0.229 e. The lowest BCUT2D eigenvalue weighted by atomic mass is 10.1. The molecule has 0 saturated carbocycles. The maximum atomic E-state index is 13.5. The van der Waals surface area contributed by atoms with Crippen LogP contribution in [0, 0.1) is 5.82 Å². The number of carbonyl (C=O) groups is 1. The fourth-order valence-electron chi connectivity index (χ4n) is 3.11. The van der Waals surface area contributed by atoms with E-state index in [4.69, 9.17) is 26.9 Å². The number of aromatic nitrogens is 2. The molecule has 1 aliphatic heterocycles. The molecule has 11 heteroatoms. The van der Waals surface area contributed by atoms with Gasteiger partial charge in [-0.25, -0.2) is 19.4 Å². The van der Waals surface area contributed by atoms with Gasteiger partial charge in [-0.15, -0.1) is 0 Å². The quantitative estimate of drug-likeness (QED) is 0.296. The summed E-state index contributed by atoms with van der Waals surface area (Å²) < 4.78 is 24.8. The second kappa shape index (κ2) is 8.76. The molecular weight excluding hydrogens is 415 g/mol. The van der Waals surface area contributed by atoms with Crippen LogP contribution in [0.2, 0.25) is 5.02 Å². The van der Waals surface area contributed by atoms with Gasteiger partial charge in [0.2, 0.25) is 6.41 Å². The van der Waals surface area contributed by atoms with Gasteiger partial charge in [-0.05, 0) is 24.3 Å². The summed E-state index contributed by atoms with van der Waals surface area (Å²) in [5, 5.41) is 4.74. The largest absolute Gasteiger partial charge is 0.486 e. The highest BCUT2D eigenvalue weighted by molar-refractivity contribution is 6.31. The maximum absolute atomic E-state index is 13.5. The van der Waals surface area contributed by atoms with Crippen LogP contribution in [0.5, 0.6) is 5.75 Å². The molecule has 0 radical (unpaired) electrons. The Kier molecular flexibility index (Phi) is 5.91. The van der Waals surface area contributed by atoms with Gasteiger partial charge in [0.25, 0.3) is 0 Å². The van der Waals surface area contributed by atoms with Gasteiger partial charge in [-0.1, -0.05) is 11.6 Å². The van der Waals surface area contributed by atoms with Gasteiger partial charge in [0.15, 0.2) is 0 Å². The minimum atomic E-state index is -0.523. The van der Waals surface area contributed by atoms with E-state index in [1.165, 1.54) is 24.5 Å². The Morgan fingerprint density at radius 1 is 1.33 bits per heavy atom. The van der Waals surface area contributed by atoms with Gasteiger partial charge in [-0.2, -0.15) is 5.53 Å². The number of rotatable bonds is 7. The molecule has 0 aliphatic carbocycles. The summed E-state index contributed by atoms with van der Waals surface area (Å²) in [6, 6.07) is 7.60. The number of hydrogen-bond donors (Lipinski definition) is 3. The second-order valence-electron chi connectivity index (χ2n) is 6.52. The molecule has 30 heavy (non-hydrogen) atoms. The van der Waals surface area contributed by atoms with E-state index in [1.807, 2.05) is 0 Å². The van der Waals surface area contributed by atoms with Crippen molar-refractivity contribution < 1.29 is 18.7 Å². The summed E-state index contributed by atoms with van der Waals surface area (Å²) >= 11 is 5.86. The predicted octanol–water partition coefficient (Wildman–Crippen LogP) is 2.67. The van der Waals surface area contributed by atoms with Crippen molar-refractivity contribution in [1.82, 2.24) is 15.5 Å². The molecule has 4 rings (SSSR count). The van der Waals surface area contributed by atoms with Crippen LogP contribution in [-0.2, 0) is 9.53 Å². The van der Waals surface area contributed by atoms with Crippen molar-refractivity contribution in [2.24, 2.45) is 5.84 Å². The van der Waals surface area contributed by atoms with Crippen molar-refractivity contribution in [2.45, 2.75) is 12.5 Å². The summed E-state index contributed by atoms with van der Waals surface area (Å²) in [4.78, 5) is 20.1. The molecule has 2 heterocycles. The molecule has 1 fully saturated rings. The number of nitrogens with zero attached hydrogens (tertiary/aromatic N) is 3. The first-order chi connectivity index (χ1) is 14.6. The molecular formula is C19H18ClFN6O3. The zero-order valence-electron chi connectivity index (χ0n) is 15.6. The van der Waals surface area contributed by atoms with E-state index in [-0.39, 0.29) is 11.1 Å². The zero-order valence-corrected chi connectivity index (χ0v) is 16.4. The van der Waals surface area contributed by atoms with Crippen LogP contribution in [0.3, 0.4) is 0 Å². The number of nitrogens with two attached hydrogens (primary N) is 1. The van der Waals surface area contributed by atoms with E-state index < -0.39 is 5.82 Å². The van der Waals surface area contributed by atoms with E-state index in [0.717, 1.165) is 11.4 Å². The number of carbonyl (C=O) groups excluding carboxylic acids is 1. The van der Waals surface area contributed by atoms with Crippen LogP contribution in [0.25, 0.3) is 10.9 Å². The average molecular weight is 433 g/mol. The number of hydrogen-bond acceptors (Lipinski definition) is 8. The fourth-order valence-corrected chi connectivity index (χ4v) is 3.29. The minimum absolute atomic E-state index is 0.0204. The standard InChI is InChI=1S/C19H18ClFN6O3/c20-14-5-11(1-2-15(14)21)25-19-13-6-17(27(10-28)26-22)18(7-16(13)23-9-24-19)30-12-3-4-29-8-12/h1-2,5-7,9-10,12,26H,3-4,8,22H2,(H,23,24,25)/t12-/m0/s1. The maximum Gasteiger partial charge on any atom is 0.229 e. The van der Waals surface area contributed by atoms with Crippen LogP contribution < -0.4 is 26.4 Å². The topological polar surface area (TPSA) is 115 Å². The molecule has 1 aliphatic rings. The van der Waals surface area contributed by atoms with Gasteiger partial charge in [0.1, 0.15) is 35.5 Å². The second-order valence-corrected chi connectivity index (χ2v) is 6.93. The summed E-state index contributed by atoms with van der Waals surface area (Å²) in [6.07, 6.45) is 2.50. The van der Waals surface area contributed by atoms with Gasteiger partial charge in [0, 0.05) is 23.6 Å². The molecule has 0 spiro atoms. The van der Waals surface area contributed by atoms with E-state index in [1.54, 1.807) is 12.1 Å². The van der Waals surface area contributed by atoms with Crippen molar-refractivity contribution in [3.05, 3.63) is 47.5 Å². The lowest BCUT2D eigenvalue weighted by Gasteiger charge is -2.22. The number of nitrogens with one attached hydrogen (secondary N) is 2. The first-order valence-corrected chi connectivity index (χ1v) is 9.43. The Balaban J connectivity index is 1.77. The third-order valence-electron chi connectivity index (χ3n) is 4.58. The molecule has 1 amide bonds. The normalized spacial score (nSPS) is 15.9. The highest BCUT2D eigenvalue weighted by Crippen LogP contribution is 2.36. The summed E-state index contributed by atoms with van der Waals surface area (Å²) in [7, 11) is 0. The number of benzene rings is 2. The molecule has 3 aromatic rings. The SMILES string of the molecule is NNN(C=O)c1cc2c(Nc3ccc(F)c(Cl)c3)ncnc2cc1O[C@H]1CCOC1. The number of hydrazine groups is 2. The molecule has 2 aromatic carbocycles. The first kappa shape index (κ1) is 20.2. The van der Waals surface area contributed by atoms with Crippen LogP contribution in [0.15, 0.2) is 36.7 Å². The van der Waals surface area contributed by atoms with Gasteiger partial charge >= 0.3 is 0 Å². The Morgan fingerprint density at radius 3 is 2.90 bits per heavy atom. The summed E-state index contributed by atoms with van der Waals surface area (Å²) in [5.41, 5.74) is 3.80. The van der Waals surface area contributed by atoms with Crippen LogP contribution in [-0.4, -0.2) is 35.7 Å². The minimum Gasteiger partial charge on any atom is -0.486 e. The number of ether oxygens (including phenoxy) is 2. The number of anilines is 3. The third-order valence-corrected chi connectivity index (χ3v) is 4.87. The third kappa shape index (κ3) is 4.12. The molecule has 9 nitrogen and oxygen atoms in total. The Hall–Kier alpha value is -3.05. The van der Waals surface area contributed by atoms with Crippen LogP contribution >= 0.6 is 11.6 Å². The highest BCUT2D eigenvalue weighted by atomic mass is 35.5. The number of amides is 1. The summed E-state index contributed by atoms with van der Waals surface area (Å²) in [6.45, 7) is 1.06. The molecule has 0 unspecified atom stereocenters. The Bertz CT molecular complexity index is 1080. The number of fused-ring (bicyclic) bond motifs is 1. The van der Waals surface area contributed by atoms with Crippen molar-refractivity contribution >= 4 is 46.1 Å². The predicted molar refractivity (Wildman–Crippen MR) is 110 cm³/mol. The lowest BCUT2D eigenvalue weighted by molar-refractivity contribution is -0.108. The monoisotopic (exact) mass is 432 g/mol. The average Bonchev–Trinajstić information content (AvgIpc) is 3.25. The Labute approximate surface area is 175 Å². The lowest BCUT2D eigenvalue weighted by Crippen LogP contribution is -2.42. The zero-order chi connectivity index (χ0) is 21.1. The highest BCUT2D eigenvalue weighted by Gasteiger charge is 2.22. The van der Waals surface area contributed by atoms with E-state index in [0.29, 0.717) is 53.5 Å². The number of halogens is 2. The van der Waals surface area contributed by atoms with Crippen molar-refractivity contribution in [3.63, 3.8) is 0 Å². The van der Waals surface area contributed by atoms with Crippen molar-refractivity contribution in [1.29, 1.82) is 0 Å². The van der Waals surface area contributed by atoms with Gasteiger partial charge < -0.3 is 14.8 Å². The van der Waals surface area contributed by atoms with E-state index >= 15 is 0 Å². The van der Waals surface area contributed by atoms with E-state index in [9.17, 15) is 9.18 Å². The van der Waals surface area contributed by atoms with Crippen LogP contribution in [0.4, 0.5) is 21.6 Å².